The highest BCUT2D eigenvalue weighted by Crippen LogP contribution is 2.20. The second-order valence-electron chi connectivity index (χ2n) is 4.66. The van der Waals surface area contributed by atoms with Crippen LogP contribution >= 0.6 is 22.9 Å². The van der Waals surface area contributed by atoms with E-state index in [-0.39, 0.29) is 0 Å². The molecule has 0 saturated heterocycles. The summed E-state index contributed by atoms with van der Waals surface area (Å²) in [5, 5.41) is 3.99. The summed E-state index contributed by atoms with van der Waals surface area (Å²) in [5.41, 5.74) is 8.89. The van der Waals surface area contributed by atoms with E-state index in [0.717, 1.165) is 39.9 Å². The van der Waals surface area contributed by atoms with E-state index < -0.39 is 0 Å². The van der Waals surface area contributed by atoms with Crippen LogP contribution < -0.4 is 5.73 Å². The van der Waals surface area contributed by atoms with Crippen LogP contribution in [0.2, 0.25) is 5.02 Å². The molecule has 0 spiro atoms. The lowest BCUT2D eigenvalue weighted by molar-refractivity contribution is 0.315. The quantitative estimate of drug-likeness (QED) is 0.921. The van der Waals surface area contributed by atoms with Crippen LogP contribution in [0.4, 0.5) is 0 Å². The minimum atomic E-state index is 0.522. The predicted octanol–water partition coefficient (Wildman–Crippen LogP) is 3.20. The fourth-order valence-corrected chi connectivity index (χ4v) is 2.82. The van der Waals surface area contributed by atoms with Gasteiger partial charge in [-0.2, -0.15) is 0 Å². The molecule has 0 bridgehead atoms. The van der Waals surface area contributed by atoms with E-state index in [4.69, 9.17) is 17.3 Å². The average Bonchev–Trinajstić information content (AvgIpc) is 2.77. The molecule has 2 N–H and O–H groups in total. The van der Waals surface area contributed by atoms with Crippen LogP contribution in [0.1, 0.15) is 21.8 Å². The van der Waals surface area contributed by atoms with Crippen molar-refractivity contribution in [3.63, 3.8) is 0 Å². The highest BCUT2D eigenvalue weighted by Gasteiger charge is 2.07. The number of thiazole rings is 1. The average molecular weight is 296 g/mol. The highest BCUT2D eigenvalue weighted by molar-refractivity contribution is 7.09. The summed E-state index contributed by atoms with van der Waals surface area (Å²) in [7, 11) is 2.07. The van der Waals surface area contributed by atoms with Crippen LogP contribution in [0, 0.1) is 6.92 Å². The number of aryl methyl sites for hydroxylation is 1. The second-order valence-corrected chi connectivity index (χ2v) is 6.13. The first-order valence-electron chi connectivity index (χ1n) is 6.15. The van der Waals surface area contributed by atoms with Gasteiger partial charge in [0.1, 0.15) is 0 Å². The number of halogens is 1. The number of aromatic nitrogens is 1. The Kier molecular flexibility index (Phi) is 4.93. The Morgan fingerprint density at radius 2 is 2.16 bits per heavy atom. The lowest BCUT2D eigenvalue weighted by atomic mass is 10.1. The van der Waals surface area contributed by atoms with Gasteiger partial charge in [0.25, 0.3) is 0 Å². The molecule has 1 aromatic heterocycles. The van der Waals surface area contributed by atoms with Gasteiger partial charge in [-0.1, -0.05) is 23.7 Å². The van der Waals surface area contributed by atoms with Crippen molar-refractivity contribution >= 4 is 22.9 Å². The Morgan fingerprint density at radius 3 is 2.74 bits per heavy atom. The van der Waals surface area contributed by atoms with Gasteiger partial charge in [-0.25, -0.2) is 4.98 Å². The molecule has 0 radical (unpaired) electrons. The van der Waals surface area contributed by atoms with Crippen molar-refractivity contribution in [2.75, 3.05) is 7.05 Å². The van der Waals surface area contributed by atoms with Gasteiger partial charge in [-0.3, -0.25) is 4.90 Å². The van der Waals surface area contributed by atoms with Crippen molar-refractivity contribution in [2.45, 2.75) is 26.6 Å². The number of nitrogens with zero attached hydrogens (tertiary/aromatic N) is 2. The van der Waals surface area contributed by atoms with E-state index in [1.807, 2.05) is 25.1 Å². The van der Waals surface area contributed by atoms with Crippen LogP contribution in [0.15, 0.2) is 23.6 Å². The molecule has 0 saturated carbocycles. The Bertz CT molecular complexity index is 553. The fraction of sp³-hybridized carbons (Fsp3) is 0.357. The summed E-state index contributed by atoms with van der Waals surface area (Å²) < 4.78 is 0. The summed E-state index contributed by atoms with van der Waals surface area (Å²) in [6.07, 6.45) is 0. The standard InChI is InChI=1S/C14H18ClN3S/c1-10-17-13(9-19-10)8-18(2)7-12-4-3-11(6-16)5-14(12)15/h3-5,9H,6-8,16H2,1-2H3. The number of benzene rings is 1. The van der Waals surface area contributed by atoms with Gasteiger partial charge < -0.3 is 5.73 Å². The Balaban J connectivity index is 2.00. The highest BCUT2D eigenvalue weighted by atomic mass is 35.5. The maximum Gasteiger partial charge on any atom is 0.0897 e. The predicted molar refractivity (Wildman–Crippen MR) is 81.4 cm³/mol. The van der Waals surface area contributed by atoms with E-state index in [1.54, 1.807) is 11.3 Å². The van der Waals surface area contributed by atoms with Crippen LogP contribution in [-0.4, -0.2) is 16.9 Å². The number of nitrogens with two attached hydrogens (primary N) is 1. The summed E-state index contributed by atoms with van der Waals surface area (Å²) >= 11 is 7.95. The largest absolute Gasteiger partial charge is 0.326 e. The number of hydrogen-bond acceptors (Lipinski definition) is 4. The van der Waals surface area contributed by atoms with Gasteiger partial charge in [-0.05, 0) is 31.2 Å². The molecule has 102 valence electrons. The van der Waals surface area contributed by atoms with E-state index in [2.05, 4.69) is 22.3 Å². The SMILES string of the molecule is Cc1nc(CN(C)Cc2ccc(CN)cc2Cl)cs1. The van der Waals surface area contributed by atoms with Gasteiger partial charge in [0.2, 0.25) is 0 Å². The molecule has 0 fully saturated rings. The molecule has 0 aliphatic rings. The third kappa shape index (κ3) is 4.01. The zero-order chi connectivity index (χ0) is 13.8. The van der Waals surface area contributed by atoms with Crippen LogP contribution in [0.5, 0.6) is 0 Å². The van der Waals surface area contributed by atoms with E-state index in [9.17, 15) is 0 Å². The smallest absolute Gasteiger partial charge is 0.0897 e. The topological polar surface area (TPSA) is 42.2 Å². The third-order valence-electron chi connectivity index (χ3n) is 2.89. The molecule has 0 aliphatic carbocycles. The minimum Gasteiger partial charge on any atom is -0.326 e. The molecule has 0 atom stereocenters. The Labute approximate surface area is 123 Å². The second kappa shape index (κ2) is 6.48. The molecule has 0 aliphatic heterocycles. The molecule has 3 nitrogen and oxygen atoms in total. The summed E-state index contributed by atoms with van der Waals surface area (Å²) in [6, 6.07) is 6.02. The lowest BCUT2D eigenvalue weighted by Gasteiger charge is -2.16. The van der Waals surface area contributed by atoms with Gasteiger partial charge in [0, 0.05) is 30.0 Å². The normalized spacial score (nSPS) is 11.2. The summed E-state index contributed by atoms with van der Waals surface area (Å²) in [4.78, 5) is 6.68. The van der Waals surface area contributed by atoms with Gasteiger partial charge in [0.15, 0.2) is 0 Å². The number of hydrogen-bond donors (Lipinski definition) is 1. The summed E-state index contributed by atoms with van der Waals surface area (Å²) in [5.74, 6) is 0. The van der Waals surface area contributed by atoms with Crippen molar-refractivity contribution in [3.8, 4) is 0 Å². The molecule has 1 aromatic carbocycles. The molecule has 0 unspecified atom stereocenters. The third-order valence-corrected chi connectivity index (χ3v) is 4.07. The maximum absolute atomic E-state index is 6.26. The summed E-state index contributed by atoms with van der Waals surface area (Å²) in [6.45, 7) is 4.18. The monoisotopic (exact) mass is 295 g/mol. The van der Waals surface area contributed by atoms with Crippen molar-refractivity contribution < 1.29 is 0 Å². The first kappa shape index (κ1) is 14.5. The first-order chi connectivity index (χ1) is 9.08. The fourth-order valence-electron chi connectivity index (χ4n) is 1.95. The lowest BCUT2D eigenvalue weighted by Crippen LogP contribution is -2.17. The van der Waals surface area contributed by atoms with E-state index in [0.29, 0.717) is 6.54 Å². The molecular weight excluding hydrogens is 278 g/mol. The maximum atomic E-state index is 6.26. The zero-order valence-electron chi connectivity index (χ0n) is 11.2. The molecule has 0 amide bonds. The minimum absolute atomic E-state index is 0.522. The molecule has 19 heavy (non-hydrogen) atoms. The van der Waals surface area contributed by atoms with Gasteiger partial charge in [0.05, 0.1) is 10.7 Å². The van der Waals surface area contributed by atoms with Crippen LogP contribution in [0.25, 0.3) is 0 Å². The van der Waals surface area contributed by atoms with Gasteiger partial charge in [-0.15, -0.1) is 11.3 Å². The molecule has 1 heterocycles. The molecule has 2 aromatic rings. The number of rotatable bonds is 5. The van der Waals surface area contributed by atoms with E-state index in [1.165, 1.54) is 0 Å². The van der Waals surface area contributed by atoms with Crippen LogP contribution in [0.3, 0.4) is 0 Å². The Hall–Kier alpha value is -0.940. The van der Waals surface area contributed by atoms with Crippen molar-refractivity contribution in [2.24, 2.45) is 5.73 Å². The molecule has 5 heteroatoms. The van der Waals surface area contributed by atoms with Crippen LogP contribution in [-0.2, 0) is 19.6 Å². The Morgan fingerprint density at radius 1 is 1.37 bits per heavy atom. The van der Waals surface area contributed by atoms with Gasteiger partial charge >= 0.3 is 0 Å². The van der Waals surface area contributed by atoms with E-state index >= 15 is 0 Å². The van der Waals surface area contributed by atoms with Crippen molar-refractivity contribution in [3.05, 3.63) is 50.4 Å². The first-order valence-corrected chi connectivity index (χ1v) is 7.41. The van der Waals surface area contributed by atoms with Crippen molar-refractivity contribution in [1.29, 1.82) is 0 Å². The zero-order valence-corrected chi connectivity index (χ0v) is 12.8. The molecule has 2 rings (SSSR count). The molecular formula is C14H18ClN3S. The van der Waals surface area contributed by atoms with Crippen molar-refractivity contribution in [1.82, 2.24) is 9.88 Å².